The van der Waals surface area contributed by atoms with Gasteiger partial charge >= 0.3 is 5.97 Å². The zero-order chi connectivity index (χ0) is 15.9. The van der Waals surface area contributed by atoms with Gasteiger partial charge in [0.15, 0.2) is 0 Å². The Bertz CT molecular complexity index is 554. The van der Waals surface area contributed by atoms with E-state index in [2.05, 4.69) is 10.0 Å². The van der Waals surface area contributed by atoms with Crippen molar-refractivity contribution in [3.05, 3.63) is 40.3 Å². The van der Waals surface area contributed by atoms with E-state index < -0.39 is 0 Å². The molecule has 3 atom stereocenters. The number of azide groups is 1. The van der Waals surface area contributed by atoms with Gasteiger partial charge in [-0.15, -0.1) is 0 Å². The van der Waals surface area contributed by atoms with Crippen molar-refractivity contribution in [2.45, 2.75) is 38.0 Å². The van der Waals surface area contributed by atoms with Crippen LogP contribution in [0.3, 0.4) is 0 Å². The second-order valence-electron chi connectivity index (χ2n) is 5.15. The first-order chi connectivity index (χ1) is 10.6. The number of benzene rings is 1. The number of ether oxygens (including phenoxy) is 3. The van der Waals surface area contributed by atoms with Crippen LogP contribution < -0.4 is 4.74 Å². The molecule has 22 heavy (non-hydrogen) atoms. The Balaban J connectivity index is 2.10. The van der Waals surface area contributed by atoms with Gasteiger partial charge in [0.25, 0.3) is 0 Å². The third-order valence-electron chi connectivity index (χ3n) is 3.55. The summed E-state index contributed by atoms with van der Waals surface area (Å²) in [6.45, 7) is 1.52. The highest BCUT2D eigenvalue weighted by Crippen LogP contribution is 2.33. The second-order valence-corrected chi connectivity index (χ2v) is 5.15. The Labute approximate surface area is 128 Å². The standard InChI is InChI=1S/C15H19N3O4/c1-10(19)21-9-14-7-12(17-18-16)8-15(22-14)11-3-5-13(20-2)6-4-11/h3-6,12,14-15H,7-9H2,1-2H3. The molecule has 1 saturated heterocycles. The molecule has 0 amide bonds. The van der Waals surface area contributed by atoms with E-state index in [-0.39, 0.29) is 30.8 Å². The predicted molar refractivity (Wildman–Crippen MR) is 79.4 cm³/mol. The Kier molecular flexibility index (Phi) is 5.63. The number of rotatable bonds is 5. The van der Waals surface area contributed by atoms with Crippen molar-refractivity contribution in [1.82, 2.24) is 0 Å². The molecule has 0 N–H and O–H groups in total. The van der Waals surface area contributed by atoms with Crippen LogP contribution in [0.4, 0.5) is 0 Å². The summed E-state index contributed by atoms with van der Waals surface area (Å²) in [5.41, 5.74) is 9.64. The van der Waals surface area contributed by atoms with Crippen molar-refractivity contribution in [2.24, 2.45) is 5.11 Å². The summed E-state index contributed by atoms with van der Waals surface area (Å²) in [6.07, 6.45) is 0.674. The number of nitrogens with zero attached hydrogens (tertiary/aromatic N) is 3. The fraction of sp³-hybridized carbons (Fsp3) is 0.533. The van der Waals surface area contributed by atoms with Gasteiger partial charge in [0.2, 0.25) is 0 Å². The average Bonchev–Trinajstić information content (AvgIpc) is 2.53. The lowest BCUT2D eigenvalue weighted by molar-refractivity contribution is -0.150. The third kappa shape index (κ3) is 4.38. The Hall–Kier alpha value is -2.24. The van der Waals surface area contributed by atoms with Crippen LogP contribution in [-0.4, -0.2) is 31.8 Å². The molecule has 0 bridgehead atoms. The third-order valence-corrected chi connectivity index (χ3v) is 3.55. The molecule has 1 aromatic carbocycles. The fourth-order valence-electron chi connectivity index (χ4n) is 2.51. The van der Waals surface area contributed by atoms with Gasteiger partial charge < -0.3 is 14.2 Å². The first-order valence-electron chi connectivity index (χ1n) is 7.09. The smallest absolute Gasteiger partial charge is 0.302 e. The van der Waals surface area contributed by atoms with Crippen LogP contribution in [0.5, 0.6) is 5.75 Å². The van der Waals surface area contributed by atoms with Crippen LogP contribution in [0.2, 0.25) is 0 Å². The lowest BCUT2D eigenvalue weighted by atomic mass is 9.95. The predicted octanol–water partition coefficient (Wildman–Crippen LogP) is 3.16. The van der Waals surface area contributed by atoms with E-state index in [0.717, 1.165) is 11.3 Å². The highest BCUT2D eigenvalue weighted by molar-refractivity contribution is 5.65. The molecule has 1 aliphatic heterocycles. The minimum atomic E-state index is -0.351. The Morgan fingerprint density at radius 1 is 1.41 bits per heavy atom. The van der Waals surface area contributed by atoms with Crippen LogP contribution in [0.15, 0.2) is 29.4 Å². The van der Waals surface area contributed by atoms with Crippen LogP contribution in [0.1, 0.15) is 31.4 Å². The van der Waals surface area contributed by atoms with Crippen LogP contribution in [0.25, 0.3) is 10.4 Å². The van der Waals surface area contributed by atoms with Gasteiger partial charge in [-0.25, -0.2) is 0 Å². The number of methoxy groups -OCH3 is 1. The second kappa shape index (κ2) is 7.68. The van der Waals surface area contributed by atoms with Gasteiger partial charge in [-0.2, -0.15) is 0 Å². The van der Waals surface area contributed by atoms with Gasteiger partial charge in [0.1, 0.15) is 12.4 Å². The van der Waals surface area contributed by atoms with Gasteiger partial charge in [-0.3, -0.25) is 4.79 Å². The molecule has 0 radical (unpaired) electrons. The van der Waals surface area contributed by atoms with Crippen LogP contribution >= 0.6 is 0 Å². The quantitative estimate of drug-likeness (QED) is 0.361. The lowest BCUT2D eigenvalue weighted by Gasteiger charge is -2.33. The number of carbonyl (C=O) groups is 1. The number of hydrogen-bond acceptors (Lipinski definition) is 5. The molecule has 3 unspecified atom stereocenters. The first-order valence-corrected chi connectivity index (χ1v) is 7.09. The molecule has 1 aliphatic rings. The highest BCUT2D eigenvalue weighted by atomic mass is 16.6. The molecule has 1 heterocycles. The van der Waals surface area contributed by atoms with Gasteiger partial charge in [0, 0.05) is 17.9 Å². The minimum Gasteiger partial charge on any atom is -0.497 e. The maximum atomic E-state index is 10.9. The van der Waals surface area contributed by atoms with Crippen molar-refractivity contribution >= 4 is 5.97 Å². The summed E-state index contributed by atoms with van der Waals surface area (Å²) >= 11 is 0. The van der Waals surface area contributed by atoms with Crippen LogP contribution in [-0.2, 0) is 14.3 Å². The molecular formula is C15H19N3O4. The summed E-state index contributed by atoms with van der Waals surface area (Å²) < 4.78 is 16.1. The molecule has 2 rings (SSSR count). The van der Waals surface area contributed by atoms with E-state index in [0.29, 0.717) is 12.8 Å². The molecule has 0 saturated carbocycles. The van der Waals surface area contributed by atoms with E-state index in [1.165, 1.54) is 6.92 Å². The molecular weight excluding hydrogens is 286 g/mol. The molecule has 1 fully saturated rings. The van der Waals surface area contributed by atoms with E-state index in [1.807, 2.05) is 24.3 Å². The van der Waals surface area contributed by atoms with Crippen LogP contribution in [0, 0.1) is 0 Å². The molecule has 0 aliphatic carbocycles. The van der Waals surface area contributed by atoms with E-state index in [9.17, 15) is 4.79 Å². The van der Waals surface area contributed by atoms with Crippen molar-refractivity contribution in [3.63, 3.8) is 0 Å². The molecule has 0 aromatic heterocycles. The van der Waals surface area contributed by atoms with Crippen molar-refractivity contribution in [3.8, 4) is 5.75 Å². The topological polar surface area (TPSA) is 93.5 Å². The molecule has 1 aromatic rings. The lowest BCUT2D eigenvalue weighted by Crippen LogP contribution is -2.34. The Morgan fingerprint density at radius 3 is 2.73 bits per heavy atom. The summed E-state index contributed by atoms with van der Waals surface area (Å²) in [4.78, 5) is 13.8. The summed E-state index contributed by atoms with van der Waals surface area (Å²) in [5, 5.41) is 3.81. The fourth-order valence-corrected chi connectivity index (χ4v) is 2.51. The maximum absolute atomic E-state index is 10.9. The van der Waals surface area contributed by atoms with Crippen molar-refractivity contribution < 1.29 is 19.0 Å². The van der Waals surface area contributed by atoms with E-state index >= 15 is 0 Å². The summed E-state index contributed by atoms with van der Waals surface area (Å²) in [6, 6.07) is 7.38. The van der Waals surface area contributed by atoms with Crippen molar-refractivity contribution in [2.75, 3.05) is 13.7 Å². The first kappa shape index (κ1) is 16.1. The molecule has 0 spiro atoms. The normalized spacial score (nSPS) is 24.2. The van der Waals surface area contributed by atoms with E-state index in [1.54, 1.807) is 7.11 Å². The number of carbonyl (C=O) groups excluding carboxylic acids is 1. The molecule has 7 nitrogen and oxygen atoms in total. The van der Waals surface area contributed by atoms with Gasteiger partial charge in [0.05, 0.1) is 19.3 Å². The summed E-state index contributed by atoms with van der Waals surface area (Å²) in [7, 11) is 1.61. The maximum Gasteiger partial charge on any atom is 0.302 e. The summed E-state index contributed by atoms with van der Waals surface area (Å²) in [5.74, 6) is 0.415. The largest absolute Gasteiger partial charge is 0.497 e. The Morgan fingerprint density at radius 2 is 2.14 bits per heavy atom. The monoisotopic (exact) mass is 305 g/mol. The zero-order valence-corrected chi connectivity index (χ0v) is 12.6. The molecule has 7 heteroatoms. The van der Waals surface area contributed by atoms with Gasteiger partial charge in [-0.1, -0.05) is 17.2 Å². The molecule has 118 valence electrons. The van der Waals surface area contributed by atoms with Crippen molar-refractivity contribution in [1.29, 1.82) is 0 Å². The highest BCUT2D eigenvalue weighted by Gasteiger charge is 2.30. The average molecular weight is 305 g/mol. The number of esters is 1. The zero-order valence-electron chi connectivity index (χ0n) is 12.6. The SMILES string of the molecule is COc1ccc(C2CC(N=[N+]=[N-])CC(COC(C)=O)O2)cc1. The minimum absolute atomic E-state index is 0.166. The van der Waals surface area contributed by atoms with Gasteiger partial charge in [-0.05, 0) is 36.1 Å². The van der Waals surface area contributed by atoms with E-state index in [4.69, 9.17) is 19.7 Å². The number of hydrogen-bond donors (Lipinski definition) is 0.